The number of anilines is 1. The van der Waals surface area contributed by atoms with E-state index < -0.39 is 17.2 Å². The zero-order chi connectivity index (χ0) is 34.3. The molecule has 1 aliphatic carbocycles. The SMILES string of the molecule is COc1nc(-c2cccc(-c3cccc(NC(=O)c4cn(C)c(=O)n(C)c4=O)c3Cl)c2Cl)cc2c1C(NCC1CNC(=O)C1)C(OC)C2. The first-order valence-electron chi connectivity index (χ1n) is 15.3. The summed E-state index contributed by atoms with van der Waals surface area (Å²) in [5.41, 5.74) is 3.10. The van der Waals surface area contributed by atoms with Crippen LogP contribution in [-0.2, 0) is 30.0 Å². The Hall–Kier alpha value is -4.49. The lowest BCUT2D eigenvalue weighted by molar-refractivity contribution is -0.119. The highest BCUT2D eigenvalue weighted by atomic mass is 35.5. The van der Waals surface area contributed by atoms with E-state index in [0.717, 1.165) is 20.3 Å². The number of ether oxygens (including phenoxy) is 2. The predicted octanol–water partition coefficient (Wildman–Crippen LogP) is 3.72. The maximum absolute atomic E-state index is 13.1. The standard InChI is InChI=1S/C34H34Cl2N6O6/c1-41-16-22(33(45)42(2)34(41)46)31(44)39-23-10-6-8-20(29(23)36)19-7-5-9-21(28(19)35)24-12-18-13-25(47-3)30(27(18)32(40-24)48-4)38-15-17-11-26(43)37-14-17/h5-10,12,16-17,25,30,38H,11,13-15H2,1-4H3,(H,37,43)(H,39,44). The molecule has 6 rings (SSSR count). The van der Waals surface area contributed by atoms with Gasteiger partial charge in [-0.1, -0.05) is 53.5 Å². The van der Waals surface area contributed by atoms with Crippen molar-refractivity contribution in [2.75, 3.05) is 32.6 Å². The summed E-state index contributed by atoms with van der Waals surface area (Å²) in [6.07, 6.45) is 2.15. The molecule has 1 saturated heterocycles. The number of amides is 2. The second-order valence-corrected chi connectivity index (χ2v) is 12.7. The zero-order valence-electron chi connectivity index (χ0n) is 26.7. The van der Waals surface area contributed by atoms with Crippen molar-refractivity contribution in [3.8, 4) is 28.3 Å². The van der Waals surface area contributed by atoms with Gasteiger partial charge in [0.05, 0.1) is 40.7 Å². The summed E-state index contributed by atoms with van der Waals surface area (Å²) in [5.74, 6) is -0.00603. The van der Waals surface area contributed by atoms with Crippen LogP contribution in [0.5, 0.6) is 5.88 Å². The molecule has 0 saturated carbocycles. The Kier molecular flexibility index (Phi) is 9.44. The molecule has 3 N–H and O–H groups in total. The molecule has 2 aliphatic rings. The molecule has 12 nitrogen and oxygen atoms in total. The van der Waals surface area contributed by atoms with Gasteiger partial charge in [-0.05, 0) is 23.6 Å². The van der Waals surface area contributed by atoms with E-state index in [1.807, 2.05) is 24.3 Å². The second-order valence-electron chi connectivity index (χ2n) is 11.9. The van der Waals surface area contributed by atoms with Crippen LogP contribution in [0.1, 0.15) is 33.9 Å². The molecule has 0 radical (unpaired) electrons. The Morgan fingerprint density at radius 1 is 1.02 bits per heavy atom. The lowest BCUT2D eigenvalue weighted by Gasteiger charge is -2.23. The fraction of sp³-hybridized carbons (Fsp3) is 0.324. The molecule has 48 heavy (non-hydrogen) atoms. The number of halogens is 2. The average molecular weight is 694 g/mol. The number of carbonyl (C=O) groups is 2. The molecule has 0 spiro atoms. The maximum atomic E-state index is 13.1. The Balaban J connectivity index is 1.32. The molecule has 0 bridgehead atoms. The lowest BCUT2D eigenvalue weighted by atomic mass is 9.99. The van der Waals surface area contributed by atoms with E-state index >= 15 is 0 Å². The second kappa shape index (κ2) is 13.6. The van der Waals surface area contributed by atoms with Crippen LogP contribution in [-0.4, -0.2) is 59.3 Å². The van der Waals surface area contributed by atoms with Gasteiger partial charge in [0.15, 0.2) is 0 Å². The fourth-order valence-corrected chi connectivity index (χ4v) is 6.98. The topological polar surface area (TPSA) is 146 Å². The van der Waals surface area contributed by atoms with Gasteiger partial charge >= 0.3 is 5.69 Å². The number of hydrogen-bond donors (Lipinski definition) is 3. The van der Waals surface area contributed by atoms with Crippen molar-refractivity contribution in [3.05, 3.63) is 96.2 Å². The van der Waals surface area contributed by atoms with E-state index in [4.69, 9.17) is 37.7 Å². The quantitative estimate of drug-likeness (QED) is 0.241. The highest BCUT2D eigenvalue weighted by Gasteiger charge is 2.37. The van der Waals surface area contributed by atoms with Crippen molar-refractivity contribution in [1.29, 1.82) is 0 Å². The highest BCUT2D eigenvalue weighted by Crippen LogP contribution is 2.44. The Bertz CT molecular complexity index is 2060. The Labute approximate surface area is 286 Å². The van der Waals surface area contributed by atoms with Crippen molar-refractivity contribution in [2.45, 2.75) is 25.0 Å². The molecular formula is C34H34Cl2N6O6. The summed E-state index contributed by atoms with van der Waals surface area (Å²) < 4.78 is 13.7. The van der Waals surface area contributed by atoms with Crippen molar-refractivity contribution in [2.24, 2.45) is 20.0 Å². The van der Waals surface area contributed by atoms with Crippen LogP contribution in [0.15, 0.2) is 58.3 Å². The van der Waals surface area contributed by atoms with Gasteiger partial charge in [-0.25, -0.2) is 9.78 Å². The van der Waals surface area contributed by atoms with Gasteiger partial charge in [-0.3, -0.25) is 19.0 Å². The molecule has 2 amide bonds. The van der Waals surface area contributed by atoms with E-state index in [2.05, 4.69) is 16.0 Å². The van der Waals surface area contributed by atoms with E-state index in [-0.39, 0.29) is 40.2 Å². The number of benzene rings is 2. The number of nitrogens with one attached hydrogen (secondary N) is 3. The zero-order valence-corrected chi connectivity index (χ0v) is 28.2. The van der Waals surface area contributed by atoms with Crippen LogP contribution >= 0.6 is 23.2 Å². The number of nitrogens with zero attached hydrogens (tertiary/aromatic N) is 3. The molecule has 14 heteroatoms. The number of aryl methyl sites for hydroxylation is 1. The maximum Gasteiger partial charge on any atom is 0.330 e. The third kappa shape index (κ3) is 6.12. The van der Waals surface area contributed by atoms with Gasteiger partial charge in [0.25, 0.3) is 11.5 Å². The van der Waals surface area contributed by atoms with Crippen LogP contribution in [0.25, 0.3) is 22.4 Å². The van der Waals surface area contributed by atoms with E-state index in [9.17, 15) is 19.2 Å². The normalized spacial score (nSPS) is 18.5. The number of fused-ring (bicyclic) bond motifs is 1. The van der Waals surface area contributed by atoms with Gasteiger partial charge < -0.3 is 30.0 Å². The van der Waals surface area contributed by atoms with Crippen molar-refractivity contribution in [3.63, 3.8) is 0 Å². The van der Waals surface area contributed by atoms with Crippen LogP contribution < -0.4 is 31.9 Å². The summed E-state index contributed by atoms with van der Waals surface area (Å²) in [5, 5.41) is 9.75. The summed E-state index contributed by atoms with van der Waals surface area (Å²) in [6.45, 7) is 1.28. The fourth-order valence-electron chi connectivity index (χ4n) is 6.38. The van der Waals surface area contributed by atoms with Gasteiger partial charge in [-0.2, -0.15) is 0 Å². The monoisotopic (exact) mass is 692 g/mol. The first-order chi connectivity index (χ1) is 23.0. The number of rotatable bonds is 9. The molecule has 250 valence electrons. The first kappa shape index (κ1) is 33.4. The summed E-state index contributed by atoms with van der Waals surface area (Å²) in [4.78, 5) is 54.4. The van der Waals surface area contributed by atoms with Crippen LogP contribution in [0.2, 0.25) is 10.0 Å². The Morgan fingerprint density at radius 2 is 1.73 bits per heavy atom. The van der Waals surface area contributed by atoms with Gasteiger partial charge in [0.1, 0.15) is 5.56 Å². The molecule has 3 unspecified atom stereocenters. The summed E-state index contributed by atoms with van der Waals surface area (Å²) >= 11 is 13.9. The number of hydrogen-bond acceptors (Lipinski definition) is 8. The van der Waals surface area contributed by atoms with Crippen molar-refractivity contribution >= 4 is 40.7 Å². The smallest absolute Gasteiger partial charge is 0.330 e. The number of methoxy groups -OCH3 is 2. The molecule has 1 aliphatic heterocycles. The molecule has 3 heterocycles. The molecular weight excluding hydrogens is 659 g/mol. The van der Waals surface area contributed by atoms with E-state index in [1.54, 1.807) is 32.4 Å². The number of pyridine rings is 1. The van der Waals surface area contributed by atoms with Crippen molar-refractivity contribution < 1.29 is 19.1 Å². The molecule has 2 aromatic heterocycles. The number of carbonyl (C=O) groups excluding carboxylic acids is 2. The minimum atomic E-state index is -0.725. The third-order valence-corrected chi connectivity index (χ3v) is 9.71. The summed E-state index contributed by atoms with van der Waals surface area (Å²) in [7, 11) is 6.01. The van der Waals surface area contributed by atoms with Crippen LogP contribution in [0, 0.1) is 5.92 Å². The predicted molar refractivity (Wildman–Crippen MR) is 183 cm³/mol. The molecule has 3 atom stereocenters. The van der Waals surface area contributed by atoms with Gasteiger partial charge in [0.2, 0.25) is 11.8 Å². The average Bonchev–Trinajstić information content (AvgIpc) is 3.67. The Morgan fingerprint density at radius 3 is 2.42 bits per heavy atom. The van der Waals surface area contributed by atoms with E-state index in [1.165, 1.54) is 20.3 Å². The van der Waals surface area contributed by atoms with Crippen LogP contribution in [0.3, 0.4) is 0 Å². The van der Waals surface area contributed by atoms with Gasteiger partial charge in [-0.15, -0.1) is 0 Å². The summed E-state index contributed by atoms with van der Waals surface area (Å²) in [6, 6.07) is 12.4. The minimum Gasteiger partial charge on any atom is -0.481 e. The third-order valence-electron chi connectivity index (χ3n) is 8.90. The van der Waals surface area contributed by atoms with Crippen molar-refractivity contribution in [1.82, 2.24) is 24.8 Å². The molecule has 1 fully saturated rings. The lowest BCUT2D eigenvalue weighted by Crippen LogP contribution is -2.40. The largest absolute Gasteiger partial charge is 0.481 e. The van der Waals surface area contributed by atoms with Crippen LogP contribution in [0.4, 0.5) is 5.69 Å². The van der Waals surface area contributed by atoms with E-state index in [0.29, 0.717) is 59.2 Å². The molecule has 2 aromatic carbocycles. The minimum absolute atomic E-state index is 0.0612. The van der Waals surface area contributed by atoms with Gasteiger partial charge in [0, 0.05) is 75.6 Å². The molecule has 4 aromatic rings. The highest BCUT2D eigenvalue weighted by molar-refractivity contribution is 6.39. The number of aromatic nitrogens is 3. The first-order valence-corrected chi connectivity index (χ1v) is 16.0.